The number of esters is 1. The van der Waals surface area contributed by atoms with E-state index in [0.717, 1.165) is 11.3 Å². The van der Waals surface area contributed by atoms with Gasteiger partial charge in [0.2, 0.25) is 0 Å². The van der Waals surface area contributed by atoms with E-state index in [1.54, 1.807) is 37.5 Å². The molecule has 0 unspecified atom stereocenters. The van der Waals surface area contributed by atoms with Crippen LogP contribution in [0.3, 0.4) is 0 Å². The predicted molar refractivity (Wildman–Crippen MR) is 63.7 cm³/mol. The van der Waals surface area contributed by atoms with Crippen molar-refractivity contribution < 1.29 is 14.3 Å². The Hall–Kier alpha value is -1.48. The minimum atomic E-state index is -0.303. The maximum Gasteiger partial charge on any atom is 0.302 e. The van der Waals surface area contributed by atoms with Crippen LogP contribution in [0.25, 0.3) is 6.08 Å². The molecule has 0 saturated carbocycles. The number of halogens is 1. The summed E-state index contributed by atoms with van der Waals surface area (Å²) in [5.74, 6) is 0.422. The van der Waals surface area contributed by atoms with Gasteiger partial charge in [0.1, 0.15) is 12.4 Å². The lowest BCUT2D eigenvalue weighted by Crippen LogP contribution is -1.97. The summed E-state index contributed by atoms with van der Waals surface area (Å²) in [5, 5.41) is 0.632. The molecule has 1 rings (SSSR count). The summed E-state index contributed by atoms with van der Waals surface area (Å²) >= 11 is 5.86. The van der Waals surface area contributed by atoms with Crippen LogP contribution in [0.5, 0.6) is 5.75 Å². The molecule has 4 heteroatoms. The van der Waals surface area contributed by atoms with Crippen molar-refractivity contribution in [1.29, 1.82) is 0 Å². The van der Waals surface area contributed by atoms with Gasteiger partial charge >= 0.3 is 5.97 Å². The van der Waals surface area contributed by atoms with Crippen LogP contribution < -0.4 is 4.74 Å². The van der Waals surface area contributed by atoms with Crippen LogP contribution in [0, 0.1) is 0 Å². The van der Waals surface area contributed by atoms with Crippen LogP contribution in [0.2, 0.25) is 5.02 Å². The first kappa shape index (κ1) is 12.6. The molecule has 0 spiro atoms. The Bertz CT molecular complexity index is 399. The lowest BCUT2D eigenvalue weighted by molar-refractivity contribution is -0.139. The number of hydrogen-bond donors (Lipinski definition) is 0. The highest BCUT2D eigenvalue weighted by atomic mass is 35.5. The fourth-order valence-electron chi connectivity index (χ4n) is 1.18. The van der Waals surface area contributed by atoms with Gasteiger partial charge in [-0.05, 0) is 24.3 Å². The van der Waals surface area contributed by atoms with Crippen LogP contribution in [0.4, 0.5) is 0 Å². The van der Waals surface area contributed by atoms with Gasteiger partial charge in [-0.2, -0.15) is 0 Å². The van der Waals surface area contributed by atoms with Crippen molar-refractivity contribution in [2.45, 2.75) is 6.92 Å². The van der Waals surface area contributed by atoms with Crippen molar-refractivity contribution >= 4 is 23.6 Å². The number of benzene rings is 1. The molecule has 0 aliphatic carbocycles. The quantitative estimate of drug-likeness (QED) is 0.759. The zero-order chi connectivity index (χ0) is 12.0. The number of ether oxygens (including phenoxy) is 2. The zero-order valence-corrected chi connectivity index (χ0v) is 9.95. The van der Waals surface area contributed by atoms with E-state index in [2.05, 4.69) is 0 Å². The lowest BCUT2D eigenvalue weighted by Gasteiger charge is -2.04. The zero-order valence-electron chi connectivity index (χ0n) is 9.20. The highest BCUT2D eigenvalue weighted by Crippen LogP contribution is 2.23. The molecule has 16 heavy (non-hydrogen) atoms. The molecule has 1 aromatic carbocycles. The van der Waals surface area contributed by atoms with Crippen molar-refractivity contribution in [3.05, 3.63) is 34.9 Å². The molecule has 0 aromatic heterocycles. The number of carbonyl (C=O) groups is 1. The molecule has 3 nitrogen and oxygen atoms in total. The lowest BCUT2D eigenvalue weighted by atomic mass is 10.2. The van der Waals surface area contributed by atoms with Gasteiger partial charge in [0.25, 0.3) is 0 Å². The molecule has 0 bridgehead atoms. The average molecular weight is 241 g/mol. The average Bonchev–Trinajstić information content (AvgIpc) is 2.24. The molecular weight excluding hydrogens is 228 g/mol. The number of methoxy groups -OCH3 is 1. The Balaban J connectivity index is 2.71. The summed E-state index contributed by atoms with van der Waals surface area (Å²) in [6.07, 6.45) is 3.53. The number of rotatable bonds is 4. The fraction of sp³-hybridized carbons (Fsp3) is 0.250. The molecule has 0 heterocycles. The Morgan fingerprint density at radius 2 is 2.25 bits per heavy atom. The molecule has 0 aliphatic heterocycles. The Morgan fingerprint density at radius 3 is 2.88 bits per heavy atom. The van der Waals surface area contributed by atoms with E-state index in [1.807, 2.05) is 0 Å². The van der Waals surface area contributed by atoms with Crippen LogP contribution in [-0.4, -0.2) is 19.7 Å². The largest absolute Gasteiger partial charge is 0.496 e. The smallest absolute Gasteiger partial charge is 0.302 e. The molecule has 0 atom stereocenters. The SMILES string of the molecule is COc1ccc(Cl)cc1/C=C/COC(C)=O. The standard InChI is InChI=1S/C12H13ClO3/c1-9(14)16-7-3-4-10-8-11(13)5-6-12(10)15-2/h3-6,8H,7H2,1-2H3/b4-3+. The summed E-state index contributed by atoms with van der Waals surface area (Å²) in [7, 11) is 1.59. The molecule has 0 aliphatic rings. The first-order chi connectivity index (χ1) is 7.63. The normalized spacial score (nSPS) is 10.4. The van der Waals surface area contributed by atoms with Gasteiger partial charge in [0.15, 0.2) is 0 Å². The van der Waals surface area contributed by atoms with Gasteiger partial charge in [0.05, 0.1) is 7.11 Å². The Labute approximate surface area is 99.6 Å². The second kappa shape index (κ2) is 6.18. The van der Waals surface area contributed by atoms with E-state index in [4.69, 9.17) is 21.1 Å². The van der Waals surface area contributed by atoms with Crippen molar-refractivity contribution in [1.82, 2.24) is 0 Å². The van der Waals surface area contributed by atoms with Crippen molar-refractivity contribution in [3.8, 4) is 5.75 Å². The van der Waals surface area contributed by atoms with Gasteiger partial charge in [0, 0.05) is 17.5 Å². The molecule has 1 aromatic rings. The first-order valence-electron chi connectivity index (χ1n) is 4.77. The highest BCUT2D eigenvalue weighted by Gasteiger charge is 1.99. The monoisotopic (exact) mass is 240 g/mol. The van der Waals surface area contributed by atoms with Crippen LogP contribution >= 0.6 is 11.6 Å². The van der Waals surface area contributed by atoms with Crippen molar-refractivity contribution in [2.24, 2.45) is 0 Å². The number of carbonyl (C=O) groups excluding carboxylic acids is 1. The molecular formula is C12H13ClO3. The van der Waals surface area contributed by atoms with E-state index in [9.17, 15) is 4.79 Å². The van der Waals surface area contributed by atoms with E-state index in [0.29, 0.717) is 5.02 Å². The number of hydrogen-bond acceptors (Lipinski definition) is 3. The predicted octanol–water partition coefficient (Wildman–Crippen LogP) is 2.92. The summed E-state index contributed by atoms with van der Waals surface area (Å²) < 4.78 is 9.93. The van der Waals surface area contributed by atoms with E-state index >= 15 is 0 Å². The van der Waals surface area contributed by atoms with Crippen LogP contribution in [-0.2, 0) is 9.53 Å². The van der Waals surface area contributed by atoms with Gasteiger partial charge in [-0.1, -0.05) is 17.7 Å². The third-order valence-electron chi connectivity index (χ3n) is 1.87. The molecule has 0 radical (unpaired) electrons. The van der Waals surface area contributed by atoms with Gasteiger partial charge < -0.3 is 9.47 Å². The van der Waals surface area contributed by atoms with Gasteiger partial charge in [-0.15, -0.1) is 0 Å². The minimum Gasteiger partial charge on any atom is -0.496 e. The topological polar surface area (TPSA) is 35.5 Å². The molecule has 0 N–H and O–H groups in total. The molecule has 86 valence electrons. The second-order valence-electron chi connectivity index (χ2n) is 3.09. The minimum absolute atomic E-state index is 0.241. The van der Waals surface area contributed by atoms with E-state index < -0.39 is 0 Å². The molecule has 0 saturated heterocycles. The third kappa shape index (κ3) is 3.95. The Kier molecular flexibility index (Phi) is 4.86. The maximum atomic E-state index is 10.5. The third-order valence-corrected chi connectivity index (χ3v) is 2.11. The van der Waals surface area contributed by atoms with E-state index in [-0.39, 0.29) is 12.6 Å². The molecule has 0 fully saturated rings. The first-order valence-corrected chi connectivity index (χ1v) is 5.14. The van der Waals surface area contributed by atoms with Gasteiger partial charge in [-0.3, -0.25) is 4.79 Å². The fourth-order valence-corrected chi connectivity index (χ4v) is 1.36. The van der Waals surface area contributed by atoms with Crippen LogP contribution in [0.15, 0.2) is 24.3 Å². The highest BCUT2D eigenvalue weighted by molar-refractivity contribution is 6.30. The van der Waals surface area contributed by atoms with Crippen LogP contribution in [0.1, 0.15) is 12.5 Å². The van der Waals surface area contributed by atoms with Crippen molar-refractivity contribution in [3.63, 3.8) is 0 Å². The Morgan fingerprint density at radius 1 is 1.50 bits per heavy atom. The summed E-state index contributed by atoms with van der Waals surface area (Å²) in [6.45, 7) is 1.61. The summed E-state index contributed by atoms with van der Waals surface area (Å²) in [5.41, 5.74) is 0.849. The summed E-state index contributed by atoms with van der Waals surface area (Å²) in [6, 6.07) is 5.32. The maximum absolute atomic E-state index is 10.5. The molecule has 0 amide bonds. The second-order valence-corrected chi connectivity index (χ2v) is 3.53. The summed E-state index contributed by atoms with van der Waals surface area (Å²) in [4.78, 5) is 10.5. The van der Waals surface area contributed by atoms with Gasteiger partial charge in [-0.25, -0.2) is 0 Å². The van der Waals surface area contributed by atoms with E-state index in [1.165, 1.54) is 6.92 Å². The van der Waals surface area contributed by atoms with Crippen molar-refractivity contribution in [2.75, 3.05) is 13.7 Å².